The number of nitrogens with one attached hydrogen (secondary N) is 1. The van der Waals surface area contributed by atoms with Crippen molar-refractivity contribution in [2.24, 2.45) is 0 Å². The summed E-state index contributed by atoms with van der Waals surface area (Å²) in [4.78, 5) is 0. The van der Waals surface area contributed by atoms with Crippen molar-refractivity contribution in [3.63, 3.8) is 0 Å². The van der Waals surface area contributed by atoms with Crippen LogP contribution in [0.3, 0.4) is 0 Å². The fourth-order valence-electron chi connectivity index (χ4n) is 2.14. The molecule has 23 heavy (non-hydrogen) atoms. The number of alkyl halides is 3. The fraction of sp³-hybridized carbons (Fsp3) is 0.333. The van der Waals surface area contributed by atoms with Gasteiger partial charge in [-0.3, -0.25) is 0 Å². The fourth-order valence-corrected chi connectivity index (χ4v) is 2.14. The van der Waals surface area contributed by atoms with Gasteiger partial charge in [0.25, 0.3) is 0 Å². The van der Waals surface area contributed by atoms with Crippen LogP contribution in [0.2, 0.25) is 0 Å². The van der Waals surface area contributed by atoms with E-state index in [0.717, 1.165) is 48.5 Å². The van der Waals surface area contributed by atoms with Gasteiger partial charge in [-0.05, 0) is 48.4 Å². The van der Waals surface area contributed by atoms with Gasteiger partial charge in [-0.25, -0.2) is 0 Å². The van der Waals surface area contributed by atoms with Gasteiger partial charge in [0.1, 0.15) is 12.4 Å². The molecule has 0 amide bonds. The number of halogens is 3. The Morgan fingerprint density at radius 1 is 0.870 bits per heavy atom. The summed E-state index contributed by atoms with van der Waals surface area (Å²) in [5.41, 5.74) is 0.963. The van der Waals surface area contributed by atoms with Crippen LogP contribution in [-0.4, -0.2) is 19.7 Å². The third-order valence-electron chi connectivity index (χ3n) is 3.37. The minimum absolute atomic E-state index is 0.583. The zero-order valence-electron chi connectivity index (χ0n) is 13.0. The van der Waals surface area contributed by atoms with E-state index in [0.29, 0.717) is 6.61 Å². The SMILES string of the molecule is CCCNCCOc1ccc(-c2ccc(C(F)(F)F)cc2)cc1. The molecule has 2 aromatic rings. The van der Waals surface area contributed by atoms with Crippen molar-refractivity contribution in [3.8, 4) is 16.9 Å². The van der Waals surface area contributed by atoms with Crippen LogP contribution < -0.4 is 10.1 Å². The number of hydrogen-bond donors (Lipinski definition) is 1. The van der Waals surface area contributed by atoms with E-state index in [9.17, 15) is 13.2 Å². The summed E-state index contributed by atoms with van der Waals surface area (Å²) in [5.74, 6) is 0.749. The standard InChI is InChI=1S/C18H20F3NO/c1-2-11-22-12-13-23-17-9-5-15(6-10-17)14-3-7-16(8-4-14)18(19,20)21/h3-10,22H,2,11-13H2,1H3. The van der Waals surface area contributed by atoms with Crippen LogP contribution in [0.5, 0.6) is 5.75 Å². The van der Waals surface area contributed by atoms with Crippen molar-refractivity contribution in [2.75, 3.05) is 19.7 Å². The number of hydrogen-bond acceptors (Lipinski definition) is 2. The Bertz CT molecular complexity index is 591. The van der Waals surface area contributed by atoms with Gasteiger partial charge in [0.05, 0.1) is 5.56 Å². The highest BCUT2D eigenvalue weighted by Gasteiger charge is 2.29. The van der Waals surface area contributed by atoms with Gasteiger partial charge in [0.2, 0.25) is 0 Å². The van der Waals surface area contributed by atoms with Crippen LogP contribution in [0, 0.1) is 0 Å². The first-order valence-corrected chi connectivity index (χ1v) is 7.62. The molecular weight excluding hydrogens is 303 g/mol. The van der Waals surface area contributed by atoms with Gasteiger partial charge in [-0.2, -0.15) is 13.2 Å². The molecule has 0 fully saturated rings. The largest absolute Gasteiger partial charge is 0.492 e. The predicted octanol–water partition coefficient (Wildman–Crippen LogP) is 4.75. The molecule has 0 saturated carbocycles. The van der Waals surface area contributed by atoms with Crippen molar-refractivity contribution in [1.82, 2.24) is 5.32 Å². The van der Waals surface area contributed by atoms with E-state index in [4.69, 9.17) is 4.74 Å². The number of ether oxygens (including phenoxy) is 1. The highest BCUT2D eigenvalue weighted by atomic mass is 19.4. The van der Waals surface area contributed by atoms with Crippen LogP contribution in [0.25, 0.3) is 11.1 Å². The maximum atomic E-state index is 12.5. The zero-order valence-corrected chi connectivity index (χ0v) is 13.0. The molecule has 0 unspecified atom stereocenters. The number of benzene rings is 2. The van der Waals surface area contributed by atoms with Gasteiger partial charge in [-0.1, -0.05) is 31.2 Å². The van der Waals surface area contributed by atoms with E-state index in [1.54, 1.807) is 0 Å². The maximum Gasteiger partial charge on any atom is 0.416 e. The van der Waals surface area contributed by atoms with Crippen LogP contribution in [0.4, 0.5) is 13.2 Å². The summed E-state index contributed by atoms with van der Waals surface area (Å²) in [6, 6.07) is 12.5. The summed E-state index contributed by atoms with van der Waals surface area (Å²) in [7, 11) is 0. The Labute approximate surface area is 134 Å². The molecule has 0 aliphatic heterocycles. The predicted molar refractivity (Wildman–Crippen MR) is 85.5 cm³/mol. The third kappa shape index (κ3) is 5.28. The Morgan fingerprint density at radius 3 is 1.96 bits per heavy atom. The van der Waals surface area contributed by atoms with Crippen LogP contribution in [0.1, 0.15) is 18.9 Å². The summed E-state index contributed by atoms with van der Waals surface area (Å²) in [6.07, 6.45) is -3.22. The molecule has 0 aliphatic carbocycles. The third-order valence-corrected chi connectivity index (χ3v) is 3.37. The molecule has 0 spiro atoms. The Morgan fingerprint density at radius 2 is 1.43 bits per heavy atom. The summed E-state index contributed by atoms with van der Waals surface area (Å²) in [5, 5.41) is 3.24. The van der Waals surface area contributed by atoms with Crippen LogP contribution >= 0.6 is 0 Å². The quantitative estimate of drug-likeness (QED) is 0.742. The molecule has 1 N–H and O–H groups in total. The second-order valence-corrected chi connectivity index (χ2v) is 5.20. The molecule has 0 bridgehead atoms. The van der Waals surface area contributed by atoms with Crippen molar-refractivity contribution in [1.29, 1.82) is 0 Å². The molecule has 2 aromatic carbocycles. The molecule has 2 rings (SSSR count). The van der Waals surface area contributed by atoms with Crippen LogP contribution in [-0.2, 0) is 6.18 Å². The van der Waals surface area contributed by atoms with Crippen molar-refractivity contribution < 1.29 is 17.9 Å². The lowest BCUT2D eigenvalue weighted by atomic mass is 10.0. The summed E-state index contributed by atoms with van der Waals surface area (Å²) in [6.45, 7) is 4.44. The Balaban J connectivity index is 1.94. The van der Waals surface area contributed by atoms with E-state index in [1.807, 2.05) is 24.3 Å². The zero-order chi connectivity index (χ0) is 16.7. The maximum absolute atomic E-state index is 12.5. The lowest BCUT2D eigenvalue weighted by molar-refractivity contribution is -0.137. The lowest BCUT2D eigenvalue weighted by Gasteiger charge is -2.09. The minimum Gasteiger partial charge on any atom is -0.492 e. The van der Waals surface area contributed by atoms with Crippen molar-refractivity contribution >= 4 is 0 Å². The average molecular weight is 323 g/mol. The van der Waals surface area contributed by atoms with E-state index in [-0.39, 0.29) is 0 Å². The van der Waals surface area contributed by atoms with Crippen molar-refractivity contribution in [2.45, 2.75) is 19.5 Å². The molecule has 0 heterocycles. The molecular formula is C18H20F3NO. The average Bonchev–Trinajstić information content (AvgIpc) is 2.55. The van der Waals surface area contributed by atoms with Gasteiger partial charge in [0.15, 0.2) is 0 Å². The highest BCUT2D eigenvalue weighted by molar-refractivity contribution is 5.64. The van der Waals surface area contributed by atoms with E-state index in [2.05, 4.69) is 12.2 Å². The smallest absolute Gasteiger partial charge is 0.416 e. The van der Waals surface area contributed by atoms with Crippen LogP contribution in [0.15, 0.2) is 48.5 Å². The molecule has 0 atom stereocenters. The highest BCUT2D eigenvalue weighted by Crippen LogP contribution is 2.31. The van der Waals surface area contributed by atoms with E-state index in [1.165, 1.54) is 12.1 Å². The van der Waals surface area contributed by atoms with E-state index < -0.39 is 11.7 Å². The van der Waals surface area contributed by atoms with Gasteiger partial charge >= 0.3 is 6.18 Å². The molecule has 0 saturated heterocycles. The summed E-state index contributed by atoms with van der Waals surface area (Å²) < 4.78 is 43.2. The van der Waals surface area contributed by atoms with E-state index >= 15 is 0 Å². The Hall–Kier alpha value is -2.01. The number of rotatable bonds is 7. The lowest BCUT2D eigenvalue weighted by Crippen LogP contribution is -2.21. The topological polar surface area (TPSA) is 21.3 Å². The molecule has 0 aliphatic rings. The molecule has 0 radical (unpaired) electrons. The molecule has 2 nitrogen and oxygen atoms in total. The normalized spacial score (nSPS) is 11.5. The van der Waals surface area contributed by atoms with Gasteiger partial charge in [0, 0.05) is 6.54 Å². The molecule has 0 aromatic heterocycles. The first-order chi connectivity index (χ1) is 11.0. The molecule has 5 heteroatoms. The summed E-state index contributed by atoms with van der Waals surface area (Å²) >= 11 is 0. The minimum atomic E-state index is -4.30. The van der Waals surface area contributed by atoms with Gasteiger partial charge in [-0.15, -0.1) is 0 Å². The second-order valence-electron chi connectivity index (χ2n) is 5.20. The molecule has 124 valence electrons. The van der Waals surface area contributed by atoms with Gasteiger partial charge < -0.3 is 10.1 Å². The first-order valence-electron chi connectivity index (χ1n) is 7.62. The first kappa shape index (κ1) is 17.3. The monoisotopic (exact) mass is 323 g/mol. The Kier molecular flexibility index (Phi) is 6.04. The van der Waals surface area contributed by atoms with Crippen molar-refractivity contribution in [3.05, 3.63) is 54.1 Å². The second kappa shape index (κ2) is 8.02.